The van der Waals surface area contributed by atoms with Crippen molar-refractivity contribution in [1.82, 2.24) is 15.2 Å². The summed E-state index contributed by atoms with van der Waals surface area (Å²) >= 11 is 4.83. The Morgan fingerprint density at radius 3 is 2.62 bits per heavy atom. The first-order valence-electron chi connectivity index (χ1n) is 4.54. The molecule has 1 aromatic rings. The first-order chi connectivity index (χ1) is 6.18. The van der Waals surface area contributed by atoms with Crippen LogP contribution in [0, 0.1) is 4.77 Å². The van der Waals surface area contributed by atoms with Gasteiger partial charge in [-0.25, -0.2) is 4.98 Å². The third-order valence-electron chi connectivity index (χ3n) is 2.58. The van der Waals surface area contributed by atoms with Gasteiger partial charge in [-0.1, -0.05) is 12.8 Å². The molecule has 1 heterocycles. The fraction of sp³-hybridized carbons (Fsp3) is 0.750. The molecule has 2 rings (SSSR count). The van der Waals surface area contributed by atoms with E-state index in [4.69, 9.17) is 12.2 Å². The van der Waals surface area contributed by atoms with Crippen molar-refractivity contribution in [3.8, 4) is 0 Å². The first-order valence-corrected chi connectivity index (χ1v) is 4.95. The molecule has 1 aromatic heterocycles. The molecule has 4 nitrogen and oxygen atoms in total. The average Bonchev–Trinajstić information content (AvgIpc) is 2.62. The Balaban J connectivity index is 2.08. The molecule has 72 valence electrons. The van der Waals surface area contributed by atoms with E-state index in [1.165, 1.54) is 0 Å². The van der Waals surface area contributed by atoms with Gasteiger partial charge in [0.2, 0.25) is 4.77 Å². The molecule has 5 heteroatoms. The van der Waals surface area contributed by atoms with E-state index in [1.807, 2.05) is 0 Å². The SMILES string of the molecule is OC1(Cc2nc(=S)[nH][nH]2)CCCC1. The van der Waals surface area contributed by atoms with E-state index in [1.54, 1.807) is 0 Å². The zero-order chi connectivity index (χ0) is 9.31. The monoisotopic (exact) mass is 199 g/mol. The zero-order valence-corrected chi connectivity index (χ0v) is 8.15. The Labute approximate surface area is 81.4 Å². The maximum Gasteiger partial charge on any atom is 0.213 e. The highest BCUT2D eigenvalue weighted by Gasteiger charge is 2.32. The summed E-state index contributed by atoms with van der Waals surface area (Å²) in [6.07, 6.45) is 4.56. The van der Waals surface area contributed by atoms with E-state index in [0.717, 1.165) is 31.5 Å². The number of nitrogens with one attached hydrogen (secondary N) is 2. The minimum atomic E-state index is -0.548. The molecule has 0 saturated heterocycles. The molecule has 0 bridgehead atoms. The van der Waals surface area contributed by atoms with E-state index in [2.05, 4.69) is 15.2 Å². The largest absolute Gasteiger partial charge is 0.389 e. The summed E-state index contributed by atoms with van der Waals surface area (Å²) in [5.41, 5.74) is -0.548. The van der Waals surface area contributed by atoms with Crippen molar-refractivity contribution >= 4 is 12.2 Å². The molecule has 13 heavy (non-hydrogen) atoms. The fourth-order valence-corrected chi connectivity index (χ4v) is 2.07. The topological polar surface area (TPSA) is 64.7 Å². The summed E-state index contributed by atoms with van der Waals surface area (Å²) < 4.78 is 0.455. The molecular formula is C8H13N3OS. The number of aromatic nitrogens is 3. The van der Waals surface area contributed by atoms with Crippen LogP contribution in [0.4, 0.5) is 0 Å². The molecule has 0 unspecified atom stereocenters. The predicted octanol–water partition coefficient (Wildman–Crippen LogP) is 1.31. The average molecular weight is 199 g/mol. The highest BCUT2D eigenvalue weighted by Crippen LogP contribution is 2.31. The Morgan fingerprint density at radius 2 is 2.08 bits per heavy atom. The van der Waals surface area contributed by atoms with Crippen LogP contribution in [0.2, 0.25) is 0 Å². The second-order valence-electron chi connectivity index (χ2n) is 3.72. The number of aliphatic hydroxyl groups is 1. The lowest BCUT2D eigenvalue weighted by Crippen LogP contribution is -2.27. The predicted molar refractivity (Wildman–Crippen MR) is 50.9 cm³/mol. The summed E-state index contributed by atoms with van der Waals surface area (Å²) in [7, 11) is 0. The molecule has 0 aliphatic heterocycles. The molecular weight excluding hydrogens is 186 g/mol. The van der Waals surface area contributed by atoms with Gasteiger partial charge in [-0.05, 0) is 25.1 Å². The minimum Gasteiger partial charge on any atom is -0.389 e. The van der Waals surface area contributed by atoms with Gasteiger partial charge < -0.3 is 5.11 Å². The van der Waals surface area contributed by atoms with Crippen LogP contribution in [0.25, 0.3) is 0 Å². The van der Waals surface area contributed by atoms with Gasteiger partial charge in [-0.2, -0.15) is 0 Å². The maximum absolute atomic E-state index is 10.0. The molecule has 0 radical (unpaired) electrons. The second kappa shape index (κ2) is 3.23. The Kier molecular flexibility index (Phi) is 2.21. The van der Waals surface area contributed by atoms with E-state index >= 15 is 0 Å². The summed E-state index contributed by atoms with van der Waals surface area (Å²) in [6, 6.07) is 0. The Bertz CT molecular complexity index is 337. The van der Waals surface area contributed by atoms with Crippen LogP contribution in [0.3, 0.4) is 0 Å². The smallest absolute Gasteiger partial charge is 0.213 e. The van der Waals surface area contributed by atoms with Gasteiger partial charge in [0.15, 0.2) is 0 Å². The number of hydrogen-bond acceptors (Lipinski definition) is 3. The molecule has 1 saturated carbocycles. The van der Waals surface area contributed by atoms with Gasteiger partial charge in [0.1, 0.15) is 5.82 Å². The summed E-state index contributed by atoms with van der Waals surface area (Å²) in [5.74, 6) is 0.759. The van der Waals surface area contributed by atoms with Crippen LogP contribution in [-0.4, -0.2) is 25.9 Å². The number of aromatic amines is 2. The Hall–Kier alpha value is -0.680. The van der Waals surface area contributed by atoms with Crippen molar-refractivity contribution in [2.75, 3.05) is 0 Å². The zero-order valence-electron chi connectivity index (χ0n) is 7.34. The lowest BCUT2D eigenvalue weighted by atomic mass is 9.98. The van der Waals surface area contributed by atoms with Crippen LogP contribution < -0.4 is 0 Å². The fourth-order valence-electron chi connectivity index (χ4n) is 1.91. The number of H-pyrrole nitrogens is 2. The van der Waals surface area contributed by atoms with Crippen LogP contribution >= 0.6 is 12.2 Å². The number of hydrogen-bond donors (Lipinski definition) is 3. The quantitative estimate of drug-likeness (QED) is 0.629. The van der Waals surface area contributed by atoms with Crippen molar-refractivity contribution in [1.29, 1.82) is 0 Å². The summed E-state index contributed by atoms with van der Waals surface area (Å²) in [4.78, 5) is 4.06. The Morgan fingerprint density at radius 1 is 1.38 bits per heavy atom. The van der Waals surface area contributed by atoms with Gasteiger partial charge in [-0.15, -0.1) is 0 Å². The van der Waals surface area contributed by atoms with E-state index in [0.29, 0.717) is 11.2 Å². The first kappa shape index (κ1) is 8.90. The van der Waals surface area contributed by atoms with Gasteiger partial charge in [0, 0.05) is 6.42 Å². The van der Waals surface area contributed by atoms with Crippen molar-refractivity contribution in [3.05, 3.63) is 10.6 Å². The lowest BCUT2D eigenvalue weighted by molar-refractivity contribution is 0.0462. The highest BCUT2D eigenvalue weighted by molar-refractivity contribution is 7.71. The van der Waals surface area contributed by atoms with Gasteiger partial charge in [-0.3, -0.25) is 10.2 Å². The molecule has 1 aliphatic carbocycles. The maximum atomic E-state index is 10.0. The number of rotatable bonds is 2. The molecule has 0 atom stereocenters. The van der Waals surface area contributed by atoms with Crippen LogP contribution in [0.15, 0.2) is 0 Å². The van der Waals surface area contributed by atoms with Crippen molar-refractivity contribution in [2.24, 2.45) is 0 Å². The highest BCUT2D eigenvalue weighted by atomic mass is 32.1. The van der Waals surface area contributed by atoms with Gasteiger partial charge in [0.25, 0.3) is 0 Å². The third kappa shape index (κ3) is 1.97. The molecule has 0 spiro atoms. The normalized spacial score (nSPS) is 20.7. The lowest BCUT2D eigenvalue weighted by Gasteiger charge is -2.19. The van der Waals surface area contributed by atoms with Gasteiger partial charge >= 0.3 is 0 Å². The minimum absolute atomic E-state index is 0.455. The van der Waals surface area contributed by atoms with Gasteiger partial charge in [0.05, 0.1) is 5.60 Å². The van der Waals surface area contributed by atoms with Crippen LogP contribution in [0.1, 0.15) is 31.5 Å². The van der Waals surface area contributed by atoms with Crippen molar-refractivity contribution in [2.45, 2.75) is 37.7 Å². The molecule has 3 N–H and O–H groups in total. The van der Waals surface area contributed by atoms with Crippen LogP contribution in [-0.2, 0) is 6.42 Å². The van der Waals surface area contributed by atoms with E-state index in [-0.39, 0.29) is 0 Å². The summed E-state index contributed by atoms with van der Waals surface area (Å²) in [6.45, 7) is 0. The molecule has 1 fully saturated rings. The molecule has 0 amide bonds. The molecule has 0 aromatic carbocycles. The van der Waals surface area contributed by atoms with Crippen molar-refractivity contribution < 1.29 is 5.11 Å². The summed E-state index contributed by atoms with van der Waals surface area (Å²) in [5, 5.41) is 15.6. The van der Waals surface area contributed by atoms with E-state index < -0.39 is 5.60 Å². The van der Waals surface area contributed by atoms with Crippen molar-refractivity contribution in [3.63, 3.8) is 0 Å². The second-order valence-corrected chi connectivity index (χ2v) is 4.11. The molecule has 1 aliphatic rings. The third-order valence-corrected chi connectivity index (χ3v) is 2.77. The standard InChI is InChI=1S/C8H13N3OS/c12-8(3-1-2-4-8)5-6-9-7(13)11-10-6/h12H,1-5H2,(H2,9,10,11,13). The van der Waals surface area contributed by atoms with E-state index in [9.17, 15) is 5.11 Å². The van der Waals surface area contributed by atoms with Crippen LogP contribution in [0.5, 0.6) is 0 Å². The number of nitrogens with zero attached hydrogens (tertiary/aromatic N) is 1.